The van der Waals surface area contributed by atoms with Gasteiger partial charge in [0, 0.05) is 21.8 Å². The highest BCUT2D eigenvalue weighted by Gasteiger charge is 2.39. The molecule has 30 heavy (non-hydrogen) atoms. The molecular weight excluding hydrogens is 461 g/mol. The van der Waals surface area contributed by atoms with Crippen LogP contribution in [0.2, 0.25) is 10.0 Å². The lowest BCUT2D eigenvalue weighted by molar-refractivity contribution is -0.141. The second-order valence-corrected chi connectivity index (χ2v) is 6.90. The molecule has 0 amide bonds. The number of benzene rings is 2. The van der Waals surface area contributed by atoms with Crippen molar-refractivity contribution in [3.63, 3.8) is 0 Å². The Bertz CT molecular complexity index is 1120. The number of hydrogen-bond donors (Lipinski definition) is 1. The molecule has 12 heteroatoms. The Morgan fingerprint density at radius 3 is 2.03 bits per heavy atom. The van der Waals surface area contributed by atoms with Gasteiger partial charge in [-0.25, -0.2) is 9.48 Å². The summed E-state index contributed by atoms with van der Waals surface area (Å²) >= 11 is 11.7. The number of aromatic carboxylic acids is 1. The summed E-state index contributed by atoms with van der Waals surface area (Å²) in [5, 5.41) is 12.4. The van der Waals surface area contributed by atoms with Crippen molar-refractivity contribution in [1.29, 1.82) is 0 Å². The molecule has 1 aromatic heterocycles. The van der Waals surface area contributed by atoms with Crippen molar-refractivity contribution in [2.75, 3.05) is 0 Å². The predicted molar refractivity (Wildman–Crippen MR) is 96.0 cm³/mol. The largest absolute Gasteiger partial charge is 0.478 e. The molecule has 0 atom stereocenters. The molecule has 0 radical (unpaired) electrons. The van der Waals surface area contributed by atoms with E-state index in [1.165, 1.54) is 18.2 Å². The lowest BCUT2D eigenvalue weighted by Crippen LogP contribution is -2.14. The third kappa shape index (κ3) is 4.39. The number of aromatic nitrogens is 2. The first-order valence-corrected chi connectivity index (χ1v) is 8.61. The maximum Gasteiger partial charge on any atom is 0.435 e. The van der Waals surface area contributed by atoms with Crippen LogP contribution in [0.4, 0.5) is 26.3 Å². The van der Waals surface area contributed by atoms with Crippen molar-refractivity contribution in [2.24, 2.45) is 0 Å². The maximum absolute atomic E-state index is 13.5. The van der Waals surface area contributed by atoms with Gasteiger partial charge in [-0.15, -0.1) is 0 Å². The van der Waals surface area contributed by atoms with Gasteiger partial charge in [-0.05, 0) is 42.0 Å². The van der Waals surface area contributed by atoms with Crippen LogP contribution >= 0.6 is 23.2 Å². The summed E-state index contributed by atoms with van der Waals surface area (Å²) in [7, 11) is 0. The molecule has 0 bridgehead atoms. The van der Waals surface area contributed by atoms with Gasteiger partial charge < -0.3 is 5.11 Å². The topological polar surface area (TPSA) is 55.1 Å². The number of halogens is 8. The molecule has 3 aromatic rings. The number of carboxylic acids is 1. The summed E-state index contributed by atoms with van der Waals surface area (Å²) < 4.78 is 80.8. The average Bonchev–Trinajstić information content (AvgIpc) is 3.05. The zero-order chi connectivity index (χ0) is 22.4. The third-order valence-corrected chi connectivity index (χ3v) is 4.40. The number of rotatable bonds is 3. The van der Waals surface area contributed by atoms with Crippen LogP contribution in [0.3, 0.4) is 0 Å². The molecule has 0 aliphatic heterocycles. The molecule has 0 unspecified atom stereocenters. The van der Waals surface area contributed by atoms with E-state index in [1.54, 1.807) is 0 Å². The highest BCUT2D eigenvalue weighted by Crippen LogP contribution is 2.39. The number of carboxylic acid groups (broad SMARTS) is 1. The standard InChI is InChI=1S/C18H8Cl2F6N2O2/c19-9-3-8(4-10(20)5-9)13-7-28(27-15(13)18(24,25)26)11-1-2-12(16(29)30)14(6-11)17(21,22)23/h1-7H,(H,29,30). The number of hydrogen-bond acceptors (Lipinski definition) is 2. The lowest BCUT2D eigenvalue weighted by Gasteiger charge is -2.12. The Hall–Kier alpha value is -2.72. The Kier molecular flexibility index (Phi) is 5.50. The second-order valence-electron chi connectivity index (χ2n) is 6.02. The summed E-state index contributed by atoms with van der Waals surface area (Å²) in [6.45, 7) is 0. The minimum Gasteiger partial charge on any atom is -0.478 e. The van der Waals surface area contributed by atoms with E-state index in [4.69, 9.17) is 28.3 Å². The Morgan fingerprint density at radius 2 is 1.53 bits per heavy atom. The molecule has 4 nitrogen and oxygen atoms in total. The first kappa shape index (κ1) is 22.0. The van der Waals surface area contributed by atoms with Crippen LogP contribution in [0.15, 0.2) is 42.6 Å². The molecule has 1 N–H and O–H groups in total. The molecule has 0 aliphatic rings. The fourth-order valence-corrected chi connectivity index (χ4v) is 3.26. The maximum atomic E-state index is 13.5. The van der Waals surface area contributed by atoms with E-state index in [0.717, 1.165) is 12.3 Å². The number of nitrogens with zero attached hydrogens (tertiary/aromatic N) is 2. The van der Waals surface area contributed by atoms with Gasteiger partial charge in [0.1, 0.15) is 0 Å². The van der Waals surface area contributed by atoms with E-state index in [0.29, 0.717) is 16.8 Å². The molecule has 0 saturated carbocycles. The van der Waals surface area contributed by atoms with Crippen molar-refractivity contribution >= 4 is 29.2 Å². The van der Waals surface area contributed by atoms with Crippen LogP contribution in [0, 0.1) is 0 Å². The summed E-state index contributed by atoms with van der Waals surface area (Å²) in [4.78, 5) is 11.1. The van der Waals surface area contributed by atoms with Gasteiger partial charge in [0.05, 0.1) is 16.8 Å². The highest BCUT2D eigenvalue weighted by atomic mass is 35.5. The summed E-state index contributed by atoms with van der Waals surface area (Å²) in [6, 6.07) is 5.65. The molecule has 1 heterocycles. The average molecular weight is 469 g/mol. The minimum atomic E-state index is -5.05. The summed E-state index contributed by atoms with van der Waals surface area (Å²) in [6.07, 6.45) is -9.13. The predicted octanol–water partition coefficient (Wildman–Crippen LogP) is 6.58. The van der Waals surface area contributed by atoms with E-state index in [-0.39, 0.29) is 15.6 Å². The Labute approximate surface area is 174 Å². The second kappa shape index (κ2) is 7.51. The van der Waals surface area contributed by atoms with Gasteiger partial charge in [-0.2, -0.15) is 31.4 Å². The zero-order valence-corrected chi connectivity index (χ0v) is 15.8. The number of alkyl halides is 6. The van der Waals surface area contributed by atoms with Gasteiger partial charge in [0.25, 0.3) is 0 Å². The molecule has 0 fully saturated rings. The molecule has 0 aliphatic carbocycles. The van der Waals surface area contributed by atoms with Crippen molar-refractivity contribution in [2.45, 2.75) is 12.4 Å². The van der Waals surface area contributed by atoms with Crippen LogP contribution in [-0.4, -0.2) is 20.9 Å². The first-order valence-electron chi connectivity index (χ1n) is 7.85. The fourth-order valence-electron chi connectivity index (χ4n) is 2.73. The van der Waals surface area contributed by atoms with Gasteiger partial charge in [-0.1, -0.05) is 23.2 Å². The van der Waals surface area contributed by atoms with E-state index < -0.39 is 46.4 Å². The van der Waals surface area contributed by atoms with Crippen molar-refractivity contribution in [3.05, 3.63) is 69.5 Å². The smallest absolute Gasteiger partial charge is 0.435 e. The normalized spacial score (nSPS) is 12.3. The van der Waals surface area contributed by atoms with Crippen LogP contribution in [0.25, 0.3) is 16.8 Å². The van der Waals surface area contributed by atoms with E-state index in [1.807, 2.05) is 0 Å². The lowest BCUT2D eigenvalue weighted by atomic mass is 10.1. The fraction of sp³-hybridized carbons (Fsp3) is 0.111. The monoisotopic (exact) mass is 468 g/mol. The Morgan fingerprint density at radius 1 is 0.933 bits per heavy atom. The highest BCUT2D eigenvalue weighted by molar-refractivity contribution is 6.35. The van der Waals surface area contributed by atoms with Gasteiger partial charge in [0.2, 0.25) is 0 Å². The van der Waals surface area contributed by atoms with Crippen LogP contribution in [-0.2, 0) is 12.4 Å². The molecule has 2 aromatic carbocycles. The quantitative estimate of drug-likeness (QED) is 0.441. The SMILES string of the molecule is O=C(O)c1ccc(-n2cc(-c3cc(Cl)cc(Cl)c3)c(C(F)(F)F)n2)cc1C(F)(F)F. The van der Waals surface area contributed by atoms with Gasteiger partial charge in [-0.3, -0.25) is 0 Å². The minimum absolute atomic E-state index is 0.0449. The first-order chi connectivity index (χ1) is 13.8. The number of carbonyl (C=O) groups is 1. The van der Waals surface area contributed by atoms with E-state index in [2.05, 4.69) is 5.10 Å². The van der Waals surface area contributed by atoms with Gasteiger partial charge >= 0.3 is 18.3 Å². The van der Waals surface area contributed by atoms with E-state index >= 15 is 0 Å². The van der Waals surface area contributed by atoms with Crippen molar-refractivity contribution in [3.8, 4) is 16.8 Å². The summed E-state index contributed by atoms with van der Waals surface area (Å²) in [5.74, 6) is -1.83. The van der Waals surface area contributed by atoms with Crippen LogP contribution in [0.1, 0.15) is 21.6 Å². The Balaban J connectivity index is 2.23. The molecule has 3 rings (SSSR count). The third-order valence-electron chi connectivity index (χ3n) is 3.96. The molecule has 0 spiro atoms. The molecular formula is C18H8Cl2F6N2O2. The zero-order valence-electron chi connectivity index (χ0n) is 14.3. The van der Waals surface area contributed by atoms with Crippen molar-refractivity contribution in [1.82, 2.24) is 9.78 Å². The van der Waals surface area contributed by atoms with Gasteiger partial charge in [0.15, 0.2) is 5.69 Å². The van der Waals surface area contributed by atoms with Crippen LogP contribution in [0.5, 0.6) is 0 Å². The van der Waals surface area contributed by atoms with Crippen molar-refractivity contribution < 1.29 is 36.2 Å². The van der Waals surface area contributed by atoms with E-state index in [9.17, 15) is 31.1 Å². The molecule has 158 valence electrons. The molecule has 0 saturated heterocycles. The summed E-state index contributed by atoms with van der Waals surface area (Å²) in [5.41, 5.74) is -4.89. The van der Waals surface area contributed by atoms with Crippen LogP contribution < -0.4 is 0 Å².